The monoisotopic (exact) mass is 303 g/mol. The van der Waals surface area contributed by atoms with Crippen LogP contribution in [0.25, 0.3) is 0 Å². The van der Waals surface area contributed by atoms with E-state index >= 15 is 0 Å². The average molecular weight is 305 g/mol. The van der Waals surface area contributed by atoms with Crippen LogP contribution in [0.3, 0.4) is 0 Å². The first-order valence-electron chi connectivity index (χ1n) is 4.89. The van der Waals surface area contributed by atoms with Gasteiger partial charge in [0.1, 0.15) is 16.1 Å². The Morgan fingerprint density at radius 3 is 2.28 bits per heavy atom. The Labute approximate surface area is 119 Å². The Bertz CT molecular complexity index is 557. The van der Waals surface area contributed by atoms with Crippen molar-refractivity contribution >= 4 is 46.4 Å². The Kier molecular flexibility index (Phi) is 4.11. The van der Waals surface area contributed by atoms with Gasteiger partial charge in [-0.15, -0.1) is 0 Å². The molecule has 7 heteroatoms. The molecule has 2 rings (SSSR count). The maximum absolute atomic E-state index is 6.00. The fourth-order valence-corrected chi connectivity index (χ4v) is 2.00. The van der Waals surface area contributed by atoms with Gasteiger partial charge >= 0.3 is 0 Å². The molecule has 0 radical (unpaired) electrons. The normalized spacial score (nSPS) is 10.2. The van der Waals surface area contributed by atoms with Crippen LogP contribution in [0.1, 0.15) is 0 Å². The lowest BCUT2D eigenvalue weighted by Crippen LogP contribution is -1.97. The zero-order chi connectivity index (χ0) is 13.1. The summed E-state index contributed by atoms with van der Waals surface area (Å²) in [4.78, 5) is 7.97. The van der Waals surface area contributed by atoms with Gasteiger partial charge in [0.05, 0.1) is 12.1 Å². The molecule has 1 N–H and O–H groups in total. The number of hydrogen-bond donors (Lipinski definition) is 1. The molecule has 0 fully saturated rings. The molecule has 1 aromatic carbocycles. The minimum Gasteiger partial charge on any atom is -0.495 e. The fraction of sp³-hybridized carbons (Fsp3) is 0.0909. The quantitative estimate of drug-likeness (QED) is 0.864. The third kappa shape index (κ3) is 3.16. The number of hydrogen-bond acceptors (Lipinski definition) is 4. The number of nitrogens with zero attached hydrogens (tertiary/aromatic N) is 2. The molecule has 0 aliphatic carbocycles. The van der Waals surface area contributed by atoms with Gasteiger partial charge in [-0.2, -0.15) is 0 Å². The first-order valence-corrected chi connectivity index (χ1v) is 6.02. The topological polar surface area (TPSA) is 47.0 Å². The Hall–Kier alpha value is -1.23. The van der Waals surface area contributed by atoms with E-state index in [1.165, 1.54) is 6.07 Å². The maximum atomic E-state index is 6.00. The number of anilines is 2. The molecule has 18 heavy (non-hydrogen) atoms. The Morgan fingerprint density at radius 1 is 1.06 bits per heavy atom. The van der Waals surface area contributed by atoms with Crippen molar-refractivity contribution in [3.63, 3.8) is 0 Å². The van der Waals surface area contributed by atoms with Crippen molar-refractivity contribution in [3.8, 4) is 5.75 Å². The van der Waals surface area contributed by atoms with Crippen LogP contribution in [0.2, 0.25) is 15.3 Å². The second kappa shape index (κ2) is 5.61. The maximum Gasteiger partial charge on any atom is 0.230 e. The van der Waals surface area contributed by atoms with E-state index in [0.717, 1.165) is 0 Å². The number of benzene rings is 1. The van der Waals surface area contributed by atoms with Gasteiger partial charge in [0, 0.05) is 11.8 Å². The van der Waals surface area contributed by atoms with Crippen LogP contribution in [0.4, 0.5) is 11.6 Å². The van der Waals surface area contributed by atoms with Crippen LogP contribution < -0.4 is 10.1 Å². The summed E-state index contributed by atoms with van der Waals surface area (Å²) >= 11 is 17.5. The first kappa shape index (κ1) is 13.2. The minimum absolute atomic E-state index is 0.261. The van der Waals surface area contributed by atoms with E-state index in [2.05, 4.69) is 15.3 Å². The summed E-state index contributed by atoms with van der Waals surface area (Å²) in [6.07, 6.45) is 0. The van der Waals surface area contributed by atoms with E-state index in [9.17, 15) is 0 Å². The first-order chi connectivity index (χ1) is 8.58. The van der Waals surface area contributed by atoms with Crippen molar-refractivity contribution in [3.05, 3.63) is 39.6 Å². The highest BCUT2D eigenvalue weighted by molar-refractivity contribution is 6.33. The van der Waals surface area contributed by atoms with Crippen LogP contribution in [-0.4, -0.2) is 17.1 Å². The van der Waals surface area contributed by atoms with Gasteiger partial charge in [0.2, 0.25) is 5.95 Å². The Morgan fingerprint density at radius 2 is 1.72 bits per heavy atom. The van der Waals surface area contributed by atoms with Crippen molar-refractivity contribution in [1.82, 2.24) is 9.97 Å². The fourth-order valence-electron chi connectivity index (χ4n) is 1.32. The van der Waals surface area contributed by atoms with Gasteiger partial charge < -0.3 is 10.1 Å². The molecule has 0 saturated heterocycles. The lowest BCUT2D eigenvalue weighted by molar-refractivity contribution is 0.415. The molecule has 1 aromatic heterocycles. The summed E-state index contributed by atoms with van der Waals surface area (Å²) in [5, 5.41) is 3.95. The average Bonchev–Trinajstić information content (AvgIpc) is 2.27. The largest absolute Gasteiger partial charge is 0.495 e. The number of halogens is 3. The molecule has 0 atom stereocenters. The summed E-state index contributed by atoms with van der Waals surface area (Å²) < 4.78 is 5.06. The van der Waals surface area contributed by atoms with Crippen LogP contribution >= 0.6 is 34.8 Å². The molecule has 0 unspecified atom stereocenters. The molecule has 0 aliphatic heterocycles. The van der Waals surface area contributed by atoms with Gasteiger partial charge in [0.15, 0.2) is 0 Å². The van der Waals surface area contributed by atoms with Crippen molar-refractivity contribution in [2.24, 2.45) is 0 Å². The molecule has 2 aromatic rings. The van der Waals surface area contributed by atoms with Gasteiger partial charge in [-0.1, -0.05) is 34.8 Å². The lowest BCUT2D eigenvalue weighted by Gasteiger charge is -2.08. The summed E-state index contributed by atoms with van der Waals surface area (Å²) in [6.45, 7) is 0. The standard InChI is InChI=1S/C11H8Cl3N3O/c1-18-8-3-2-6(4-7(8)12)15-11-16-9(13)5-10(14)17-11/h2-5H,1H3,(H,15,16,17). The second-order valence-corrected chi connectivity index (χ2v) is 4.49. The number of methoxy groups -OCH3 is 1. The molecule has 0 amide bonds. The molecule has 1 heterocycles. The third-order valence-corrected chi connectivity index (χ3v) is 2.75. The van der Waals surface area contributed by atoms with E-state index in [0.29, 0.717) is 22.4 Å². The molecular weight excluding hydrogens is 296 g/mol. The predicted octanol–water partition coefficient (Wildman–Crippen LogP) is 4.19. The molecule has 0 spiro atoms. The molecule has 4 nitrogen and oxygen atoms in total. The molecule has 0 saturated carbocycles. The van der Waals surface area contributed by atoms with Crippen LogP contribution in [-0.2, 0) is 0 Å². The number of nitrogens with one attached hydrogen (secondary N) is 1. The van der Waals surface area contributed by atoms with E-state index in [1.54, 1.807) is 25.3 Å². The molecule has 94 valence electrons. The third-order valence-electron chi connectivity index (χ3n) is 2.07. The highest BCUT2D eigenvalue weighted by atomic mass is 35.5. The highest BCUT2D eigenvalue weighted by Crippen LogP contribution is 2.28. The van der Waals surface area contributed by atoms with Crippen molar-refractivity contribution in [2.75, 3.05) is 12.4 Å². The number of ether oxygens (including phenoxy) is 1. The van der Waals surface area contributed by atoms with E-state index in [4.69, 9.17) is 39.5 Å². The van der Waals surface area contributed by atoms with Crippen LogP contribution in [0.5, 0.6) is 5.75 Å². The number of rotatable bonds is 3. The van der Waals surface area contributed by atoms with E-state index in [-0.39, 0.29) is 10.3 Å². The Balaban J connectivity index is 2.25. The summed E-state index contributed by atoms with van der Waals surface area (Å²) in [7, 11) is 1.55. The molecule has 0 bridgehead atoms. The van der Waals surface area contributed by atoms with E-state index in [1.807, 2.05) is 0 Å². The summed E-state index contributed by atoms with van der Waals surface area (Å²) in [5.41, 5.74) is 0.708. The predicted molar refractivity (Wildman–Crippen MR) is 73.3 cm³/mol. The van der Waals surface area contributed by atoms with Gasteiger partial charge in [-0.05, 0) is 18.2 Å². The molecule has 0 aliphatic rings. The second-order valence-electron chi connectivity index (χ2n) is 3.31. The highest BCUT2D eigenvalue weighted by Gasteiger charge is 2.05. The lowest BCUT2D eigenvalue weighted by atomic mass is 10.3. The summed E-state index contributed by atoms with van der Waals surface area (Å²) in [6, 6.07) is 6.66. The SMILES string of the molecule is COc1ccc(Nc2nc(Cl)cc(Cl)n2)cc1Cl. The van der Waals surface area contributed by atoms with Crippen molar-refractivity contribution in [2.45, 2.75) is 0 Å². The smallest absolute Gasteiger partial charge is 0.230 e. The van der Waals surface area contributed by atoms with Crippen LogP contribution in [0.15, 0.2) is 24.3 Å². The van der Waals surface area contributed by atoms with Gasteiger partial charge in [0.25, 0.3) is 0 Å². The van der Waals surface area contributed by atoms with Crippen molar-refractivity contribution < 1.29 is 4.74 Å². The zero-order valence-electron chi connectivity index (χ0n) is 9.25. The molecular formula is C11H8Cl3N3O. The van der Waals surface area contributed by atoms with E-state index < -0.39 is 0 Å². The van der Waals surface area contributed by atoms with Gasteiger partial charge in [-0.25, -0.2) is 9.97 Å². The minimum atomic E-state index is 0.261. The number of aromatic nitrogens is 2. The summed E-state index contributed by atoms with van der Waals surface area (Å²) in [5.74, 6) is 0.890. The van der Waals surface area contributed by atoms with Crippen LogP contribution in [0, 0.1) is 0 Å². The van der Waals surface area contributed by atoms with Gasteiger partial charge in [-0.3, -0.25) is 0 Å². The van der Waals surface area contributed by atoms with Crippen molar-refractivity contribution in [1.29, 1.82) is 0 Å². The zero-order valence-corrected chi connectivity index (χ0v) is 11.5.